The van der Waals surface area contributed by atoms with E-state index in [0.717, 1.165) is 43.5 Å². The normalized spacial score (nSPS) is 17.3. The number of nitrogens with zero attached hydrogens (tertiary/aromatic N) is 1. The molecule has 0 amide bonds. The largest absolute Gasteiger partial charge is 0.422 e. The maximum absolute atomic E-state index is 13.1. The molecular formula is C32H42ClNO4. The third-order valence-electron chi connectivity index (χ3n) is 8.51. The van der Waals surface area contributed by atoms with Gasteiger partial charge in [0.2, 0.25) is 0 Å². The van der Waals surface area contributed by atoms with Crippen molar-refractivity contribution in [1.82, 2.24) is 4.90 Å². The van der Waals surface area contributed by atoms with Crippen LogP contribution in [0.3, 0.4) is 0 Å². The van der Waals surface area contributed by atoms with Crippen molar-refractivity contribution in [1.29, 1.82) is 0 Å². The van der Waals surface area contributed by atoms with Gasteiger partial charge in [0.15, 0.2) is 11.5 Å². The van der Waals surface area contributed by atoms with Gasteiger partial charge in [-0.05, 0) is 92.3 Å². The average molecular weight is 540 g/mol. The predicted octanol–water partition coefficient (Wildman–Crippen LogP) is 7.13. The fraction of sp³-hybridized carbons (Fsp3) is 0.562. The van der Waals surface area contributed by atoms with Crippen LogP contribution in [0.5, 0.6) is 11.5 Å². The van der Waals surface area contributed by atoms with Gasteiger partial charge in [0, 0.05) is 19.0 Å². The Morgan fingerprint density at radius 3 is 2.21 bits per heavy atom. The molecule has 5 nitrogen and oxygen atoms in total. The number of carbonyl (C=O) groups is 2. The van der Waals surface area contributed by atoms with Crippen LogP contribution in [0.25, 0.3) is 0 Å². The number of hydrogen-bond acceptors (Lipinski definition) is 5. The lowest BCUT2D eigenvalue weighted by Gasteiger charge is -2.25. The Bertz CT molecular complexity index is 1170. The number of likely N-dealkylation sites (N-methyl/N-ethyl adjacent to an activating group) is 1. The van der Waals surface area contributed by atoms with Crippen LogP contribution in [0, 0.1) is 11.8 Å². The number of benzene rings is 2. The summed E-state index contributed by atoms with van der Waals surface area (Å²) in [7, 11) is 2.13. The van der Waals surface area contributed by atoms with Crippen molar-refractivity contribution in [3.63, 3.8) is 0 Å². The van der Waals surface area contributed by atoms with E-state index in [2.05, 4.69) is 30.1 Å². The molecule has 0 spiro atoms. The third-order valence-corrected chi connectivity index (χ3v) is 8.91. The van der Waals surface area contributed by atoms with Gasteiger partial charge >= 0.3 is 11.9 Å². The van der Waals surface area contributed by atoms with Crippen molar-refractivity contribution < 1.29 is 19.1 Å². The summed E-state index contributed by atoms with van der Waals surface area (Å²) in [5, 5.41) is 0.385. The Morgan fingerprint density at radius 2 is 1.55 bits per heavy atom. The highest BCUT2D eigenvalue weighted by molar-refractivity contribution is 6.33. The number of fused-ring (bicyclic) bond motifs is 2. The van der Waals surface area contributed by atoms with Gasteiger partial charge in [0.1, 0.15) is 0 Å². The van der Waals surface area contributed by atoms with Gasteiger partial charge in [-0.2, -0.15) is 0 Å². The summed E-state index contributed by atoms with van der Waals surface area (Å²) in [6, 6.07) is 8.78. The van der Waals surface area contributed by atoms with Crippen LogP contribution < -0.4 is 9.47 Å². The van der Waals surface area contributed by atoms with Gasteiger partial charge in [-0.25, -0.2) is 0 Å². The van der Waals surface area contributed by atoms with E-state index in [1.807, 2.05) is 33.8 Å². The zero-order valence-electron chi connectivity index (χ0n) is 23.6. The average Bonchev–Trinajstić information content (AvgIpc) is 3.31. The Morgan fingerprint density at radius 1 is 0.921 bits per heavy atom. The number of halogens is 1. The quantitative estimate of drug-likeness (QED) is 0.250. The third kappa shape index (κ3) is 5.94. The number of ether oxygens (including phenoxy) is 2. The van der Waals surface area contributed by atoms with E-state index in [9.17, 15) is 9.59 Å². The van der Waals surface area contributed by atoms with Crippen LogP contribution >= 0.6 is 11.6 Å². The summed E-state index contributed by atoms with van der Waals surface area (Å²) in [6.07, 6.45) is 6.89. The summed E-state index contributed by atoms with van der Waals surface area (Å²) in [6.45, 7) is 9.56. The molecule has 2 aromatic rings. The smallest absolute Gasteiger partial charge is 0.314 e. The molecule has 2 aliphatic rings. The lowest BCUT2D eigenvalue weighted by molar-refractivity contribution is -0.142. The number of aryl methyl sites for hydroxylation is 2. The fourth-order valence-electron chi connectivity index (χ4n) is 5.92. The van der Waals surface area contributed by atoms with E-state index in [4.69, 9.17) is 21.1 Å². The Kier molecular flexibility index (Phi) is 9.54. The molecule has 0 saturated carbocycles. The zero-order chi connectivity index (χ0) is 27.4. The molecule has 0 radical (unpaired) electrons. The highest BCUT2D eigenvalue weighted by atomic mass is 35.5. The molecule has 1 aliphatic heterocycles. The molecule has 0 fully saturated rings. The first kappa shape index (κ1) is 28.6. The second-order valence-electron chi connectivity index (χ2n) is 10.9. The second-order valence-corrected chi connectivity index (χ2v) is 11.3. The first-order valence-electron chi connectivity index (χ1n) is 14.4. The number of carbonyl (C=O) groups excluding carboxylic acids is 2. The standard InChI is InChI=1S/C32H42ClNO4/c1-6-20(7-2)31(35)37-28-18-26-25(29(33)30(28)38-32(36)21(8-3)9-4)15-16-34(5)19-27(26)24-14-13-22-11-10-12-23(22)17-24/h13-14,17-18,20-21,27H,6-12,15-16,19H2,1-5H3. The van der Waals surface area contributed by atoms with Gasteiger partial charge in [0.05, 0.1) is 16.9 Å². The molecule has 4 rings (SSSR count). The molecule has 6 heteroatoms. The second kappa shape index (κ2) is 12.7. The van der Waals surface area contributed by atoms with Crippen LogP contribution in [-0.4, -0.2) is 37.0 Å². The highest BCUT2D eigenvalue weighted by Gasteiger charge is 2.32. The molecule has 0 bridgehead atoms. The maximum Gasteiger partial charge on any atom is 0.314 e. The zero-order valence-corrected chi connectivity index (χ0v) is 24.3. The minimum atomic E-state index is -0.336. The summed E-state index contributed by atoms with van der Waals surface area (Å²) in [5.74, 6) is -0.621. The number of esters is 2. The van der Waals surface area contributed by atoms with Crippen LogP contribution in [0.2, 0.25) is 5.02 Å². The number of hydrogen-bond donors (Lipinski definition) is 0. The topological polar surface area (TPSA) is 55.8 Å². The highest BCUT2D eigenvalue weighted by Crippen LogP contribution is 2.46. The SMILES string of the molecule is CCC(CC)C(=O)Oc1cc2c(c(Cl)c1OC(=O)C(CC)CC)CCN(C)CC2c1ccc2c(c1)CCC2. The van der Waals surface area contributed by atoms with Crippen LogP contribution in [0.4, 0.5) is 0 Å². The Balaban J connectivity index is 1.84. The van der Waals surface area contributed by atoms with Crippen LogP contribution in [0.15, 0.2) is 24.3 Å². The molecule has 1 atom stereocenters. The summed E-state index contributed by atoms with van der Waals surface area (Å²) in [5.41, 5.74) is 6.13. The van der Waals surface area contributed by atoms with E-state index in [1.165, 1.54) is 23.1 Å². The van der Waals surface area contributed by atoms with Gasteiger partial charge in [-0.15, -0.1) is 0 Å². The van der Waals surface area contributed by atoms with E-state index >= 15 is 0 Å². The lowest BCUT2D eigenvalue weighted by atomic mass is 9.86. The Hall–Kier alpha value is -2.37. The van der Waals surface area contributed by atoms with Crippen molar-refractivity contribution >= 4 is 23.5 Å². The minimum absolute atomic E-state index is 0.0651. The lowest BCUT2D eigenvalue weighted by Crippen LogP contribution is -2.24. The van der Waals surface area contributed by atoms with Crippen LogP contribution in [-0.2, 0) is 28.9 Å². The molecule has 0 N–H and O–H groups in total. The molecule has 38 heavy (non-hydrogen) atoms. The van der Waals surface area contributed by atoms with E-state index in [-0.39, 0.29) is 41.2 Å². The summed E-state index contributed by atoms with van der Waals surface area (Å²) >= 11 is 7.08. The first-order valence-corrected chi connectivity index (χ1v) is 14.8. The molecular weight excluding hydrogens is 498 g/mol. The van der Waals surface area contributed by atoms with Crippen molar-refractivity contribution in [3.8, 4) is 11.5 Å². The molecule has 206 valence electrons. The van der Waals surface area contributed by atoms with Crippen molar-refractivity contribution in [2.24, 2.45) is 11.8 Å². The van der Waals surface area contributed by atoms with E-state index in [0.29, 0.717) is 30.7 Å². The van der Waals surface area contributed by atoms with E-state index < -0.39 is 0 Å². The van der Waals surface area contributed by atoms with Gasteiger partial charge in [0.25, 0.3) is 0 Å². The monoisotopic (exact) mass is 539 g/mol. The molecule has 1 heterocycles. The maximum atomic E-state index is 13.1. The van der Waals surface area contributed by atoms with Gasteiger partial charge in [-0.1, -0.05) is 57.5 Å². The number of rotatable bonds is 9. The summed E-state index contributed by atoms with van der Waals surface area (Å²) in [4.78, 5) is 28.5. The van der Waals surface area contributed by atoms with Crippen molar-refractivity contribution in [3.05, 3.63) is 57.1 Å². The van der Waals surface area contributed by atoms with Crippen molar-refractivity contribution in [2.75, 3.05) is 20.1 Å². The van der Waals surface area contributed by atoms with Crippen LogP contribution in [0.1, 0.15) is 93.5 Å². The predicted molar refractivity (Wildman–Crippen MR) is 152 cm³/mol. The Labute approximate surface area is 232 Å². The van der Waals surface area contributed by atoms with Gasteiger partial charge in [-0.3, -0.25) is 9.59 Å². The first-order chi connectivity index (χ1) is 18.3. The molecule has 0 aromatic heterocycles. The molecule has 0 saturated heterocycles. The van der Waals surface area contributed by atoms with Gasteiger partial charge < -0.3 is 14.4 Å². The molecule has 1 unspecified atom stereocenters. The molecule has 2 aromatic carbocycles. The van der Waals surface area contributed by atoms with Crippen molar-refractivity contribution in [2.45, 2.75) is 85.0 Å². The van der Waals surface area contributed by atoms with E-state index in [1.54, 1.807) is 0 Å². The summed E-state index contributed by atoms with van der Waals surface area (Å²) < 4.78 is 11.9. The fourth-order valence-corrected chi connectivity index (χ4v) is 6.25. The minimum Gasteiger partial charge on any atom is -0.422 e. The molecule has 1 aliphatic carbocycles.